The first-order chi connectivity index (χ1) is 15.1. The number of carbonyl (C=O) groups excluding carboxylic acids is 2. The SMILES string of the molecule is Cc1cccc(CN2CCCn3nc(C(=O)NCCN4CCCCCC4)cc3C2=O)c1. The smallest absolute Gasteiger partial charge is 0.272 e. The summed E-state index contributed by atoms with van der Waals surface area (Å²) in [5, 5.41) is 7.42. The number of rotatable bonds is 6. The number of fused-ring (bicyclic) bond motifs is 1. The summed E-state index contributed by atoms with van der Waals surface area (Å²) < 4.78 is 1.70. The Morgan fingerprint density at radius 2 is 1.84 bits per heavy atom. The fourth-order valence-corrected chi connectivity index (χ4v) is 4.50. The van der Waals surface area contributed by atoms with E-state index < -0.39 is 0 Å². The van der Waals surface area contributed by atoms with E-state index in [2.05, 4.69) is 34.4 Å². The average molecular weight is 424 g/mol. The van der Waals surface area contributed by atoms with Gasteiger partial charge in [0, 0.05) is 38.8 Å². The van der Waals surface area contributed by atoms with E-state index in [-0.39, 0.29) is 11.8 Å². The number of likely N-dealkylation sites (tertiary alicyclic amines) is 1. The minimum absolute atomic E-state index is 0.0601. The fraction of sp³-hybridized carbons (Fsp3) is 0.542. The molecule has 1 aromatic carbocycles. The second-order valence-corrected chi connectivity index (χ2v) is 8.72. The summed E-state index contributed by atoms with van der Waals surface area (Å²) in [5.41, 5.74) is 3.14. The van der Waals surface area contributed by atoms with Crippen LogP contribution in [-0.4, -0.2) is 64.1 Å². The van der Waals surface area contributed by atoms with Crippen molar-refractivity contribution in [1.82, 2.24) is 24.9 Å². The molecule has 3 heterocycles. The molecular formula is C24H33N5O2. The molecule has 4 rings (SSSR count). The van der Waals surface area contributed by atoms with Crippen LogP contribution >= 0.6 is 0 Å². The number of carbonyl (C=O) groups is 2. The van der Waals surface area contributed by atoms with Gasteiger partial charge in [-0.25, -0.2) is 0 Å². The molecule has 1 fully saturated rings. The molecule has 31 heavy (non-hydrogen) atoms. The van der Waals surface area contributed by atoms with Gasteiger partial charge in [0.05, 0.1) is 0 Å². The van der Waals surface area contributed by atoms with E-state index in [0.717, 1.165) is 31.6 Å². The van der Waals surface area contributed by atoms with Gasteiger partial charge in [0.1, 0.15) is 5.69 Å². The van der Waals surface area contributed by atoms with Gasteiger partial charge in [-0.05, 0) is 44.8 Å². The lowest BCUT2D eigenvalue weighted by molar-refractivity contribution is 0.0745. The third kappa shape index (κ3) is 5.53. The minimum Gasteiger partial charge on any atom is -0.349 e. The molecule has 1 aromatic heterocycles. The third-order valence-electron chi connectivity index (χ3n) is 6.19. The van der Waals surface area contributed by atoms with Gasteiger partial charge in [0.2, 0.25) is 0 Å². The number of hydrogen-bond acceptors (Lipinski definition) is 4. The summed E-state index contributed by atoms with van der Waals surface area (Å²) in [5.74, 6) is -0.261. The Hall–Kier alpha value is -2.67. The molecule has 0 radical (unpaired) electrons. The molecule has 0 aliphatic carbocycles. The molecule has 2 aliphatic heterocycles. The Morgan fingerprint density at radius 3 is 2.61 bits per heavy atom. The van der Waals surface area contributed by atoms with Crippen molar-refractivity contribution in [3.05, 3.63) is 52.8 Å². The maximum Gasteiger partial charge on any atom is 0.272 e. The third-order valence-corrected chi connectivity index (χ3v) is 6.19. The Bertz CT molecular complexity index is 914. The predicted molar refractivity (Wildman–Crippen MR) is 120 cm³/mol. The lowest BCUT2D eigenvalue weighted by Gasteiger charge is -2.20. The molecule has 0 bridgehead atoms. The summed E-state index contributed by atoms with van der Waals surface area (Å²) in [4.78, 5) is 30.1. The zero-order chi connectivity index (χ0) is 21.6. The van der Waals surface area contributed by atoms with E-state index in [1.165, 1.54) is 31.2 Å². The van der Waals surface area contributed by atoms with Crippen LogP contribution in [0.2, 0.25) is 0 Å². The summed E-state index contributed by atoms with van der Waals surface area (Å²) in [6.45, 7) is 7.65. The Labute approximate surface area is 184 Å². The van der Waals surface area contributed by atoms with Crippen molar-refractivity contribution in [3.8, 4) is 0 Å². The molecule has 0 atom stereocenters. The average Bonchev–Trinajstić information content (AvgIpc) is 2.92. The quantitative estimate of drug-likeness (QED) is 0.776. The topological polar surface area (TPSA) is 70.5 Å². The van der Waals surface area contributed by atoms with Crippen molar-refractivity contribution in [2.24, 2.45) is 0 Å². The van der Waals surface area contributed by atoms with Crippen LogP contribution in [0.1, 0.15) is 64.2 Å². The van der Waals surface area contributed by atoms with E-state index in [9.17, 15) is 9.59 Å². The van der Waals surface area contributed by atoms with Gasteiger partial charge in [0.25, 0.3) is 11.8 Å². The first-order valence-electron chi connectivity index (χ1n) is 11.5. The number of nitrogens with zero attached hydrogens (tertiary/aromatic N) is 4. The van der Waals surface area contributed by atoms with Crippen molar-refractivity contribution >= 4 is 11.8 Å². The molecule has 2 aromatic rings. The van der Waals surface area contributed by atoms with Gasteiger partial charge in [-0.2, -0.15) is 5.10 Å². The lowest BCUT2D eigenvalue weighted by atomic mass is 10.1. The number of benzene rings is 1. The van der Waals surface area contributed by atoms with Crippen LogP contribution in [0.25, 0.3) is 0 Å². The maximum atomic E-state index is 13.1. The highest BCUT2D eigenvalue weighted by Crippen LogP contribution is 2.17. The molecule has 1 saturated heterocycles. The molecule has 7 heteroatoms. The second-order valence-electron chi connectivity index (χ2n) is 8.72. The van der Waals surface area contributed by atoms with E-state index in [4.69, 9.17) is 0 Å². The Kier molecular flexibility index (Phi) is 7.02. The number of amides is 2. The molecule has 0 saturated carbocycles. The predicted octanol–water partition coefficient (Wildman–Crippen LogP) is 2.84. The van der Waals surface area contributed by atoms with Gasteiger partial charge < -0.3 is 15.1 Å². The molecule has 7 nitrogen and oxygen atoms in total. The number of nitrogens with one attached hydrogen (secondary N) is 1. The standard InChI is InChI=1S/C24H33N5O2/c1-19-8-6-9-20(16-19)18-28-13-7-14-29-22(24(28)31)17-21(26-29)23(30)25-10-15-27-11-4-2-3-5-12-27/h6,8-9,16-17H,2-5,7,10-15,18H2,1H3,(H,25,30). The highest BCUT2D eigenvalue weighted by atomic mass is 16.2. The molecule has 1 N–H and O–H groups in total. The zero-order valence-corrected chi connectivity index (χ0v) is 18.5. The van der Waals surface area contributed by atoms with Crippen molar-refractivity contribution in [2.45, 2.75) is 52.1 Å². The Balaban J connectivity index is 1.37. The van der Waals surface area contributed by atoms with Crippen molar-refractivity contribution in [1.29, 1.82) is 0 Å². The molecule has 2 amide bonds. The van der Waals surface area contributed by atoms with E-state index >= 15 is 0 Å². The van der Waals surface area contributed by atoms with E-state index in [1.54, 1.807) is 10.7 Å². The molecule has 0 unspecified atom stereocenters. The largest absolute Gasteiger partial charge is 0.349 e. The number of aryl methyl sites for hydroxylation is 2. The van der Waals surface area contributed by atoms with Crippen molar-refractivity contribution in [3.63, 3.8) is 0 Å². The van der Waals surface area contributed by atoms with Gasteiger partial charge in [0.15, 0.2) is 5.69 Å². The monoisotopic (exact) mass is 423 g/mol. The molecular weight excluding hydrogens is 390 g/mol. The van der Waals surface area contributed by atoms with Crippen molar-refractivity contribution < 1.29 is 9.59 Å². The van der Waals surface area contributed by atoms with Crippen molar-refractivity contribution in [2.75, 3.05) is 32.7 Å². The minimum atomic E-state index is -0.201. The summed E-state index contributed by atoms with van der Waals surface area (Å²) in [6, 6.07) is 9.88. The lowest BCUT2D eigenvalue weighted by Crippen LogP contribution is -2.35. The Morgan fingerprint density at radius 1 is 1.03 bits per heavy atom. The molecule has 166 valence electrons. The van der Waals surface area contributed by atoms with Crippen LogP contribution in [0.4, 0.5) is 0 Å². The van der Waals surface area contributed by atoms with Crippen LogP contribution in [0.5, 0.6) is 0 Å². The van der Waals surface area contributed by atoms with E-state index in [0.29, 0.717) is 37.6 Å². The molecule has 0 spiro atoms. The van der Waals surface area contributed by atoms with E-state index in [1.807, 2.05) is 17.0 Å². The number of aromatic nitrogens is 2. The normalized spacial score (nSPS) is 17.7. The van der Waals surface area contributed by atoms with Crippen LogP contribution < -0.4 is 5.32 Å². The summed E-state index contributed by atoms with van der Waals surface area (Å²) in [6.07, 6.45) is 5.91. The van der Waals surface area contributed by atoms with Gasteiger partial charge >= 0.3 is 0 Å². The zero-order valence-electron chi connectivity index (χ0n) is 18.5. The molecule has 2 aliphatic rings. The van der Waals surface area contributed by atoms with Crippen LogP contribution in [0.15, 0.2) is 30.3 Å². The maximum absolute atomic E-state index is 13.1. The van der Waals surface area contributed by atoms with Gasteiger partial charge in [-0.3, -0.25) is 14.3 Å². The number of hydrogen-bond donors (Lipinski definition) is 1. The first-order valence-corrected chi connectivity index (χ1v) is 11.5. The van der Waals surface area contributed by atoms with Crippen LogP contribution in [0.3, 0.4) is 0 Å². The van der Waals surface area contributed by atoms with Gasteiger partial charge in [-0.15, -0.1) is 0 Å². The summed E-state index contributed by atoms with van der Waals surface area (Å²) >= 11 is 0. The summed E-state index contributed by atoms with van der Waals surface area (Å²) in [7, 11) is 0. The van der Waals surface area contributed by atoms with Crippen LogP contribution in [0, 0.1) is 6.92 Å². The first kappa shape index (κ1) is 21.6. The van der Waals surface area contributed by atoms with Crippen LogP contribution in [-0.2, 0) is 13.1 Å². The highest BCUT2D eigenvalue weighted by Gasteiger charge is 2.26. The van der Waals surface area contributed by atoms with Gasteiger partial charge in [-0.1, -0.05) is 42.7 Å². The second kappa shape index (κ2) is 10.1. The fourth-order valence-electron chi connectivity index (χ4n) is 4.50. The highest BCUT2D eigenvalue weighted by molar-refractivity contribution is 5.98.